The molecular weight excluding hydrogens is 214 g/mol. The van der Waals surface area contributed by atoms with Gasteiger partial charge in [-0.3, -0.25) is 4.68 Å². The number of aryl methyl sites for hydroxylation is 1. The summed E-state index contributed by atoms with van der Waals surface area (Å²) in [7, 11) is 0. The van der Waals surface area contributed by atoms with Gasteiger partial charge in [0.1, 0.15) is 0 Å². The lowest BCUT2D eigenvalue weighted by molar-refractivity contribution is 0.116. The number of aliphatic hydroxyl groups excluding tert-OH is 1. The lowest BCUT2D eigenvalue weighted by Crippen LogP contribution is -2.54. The topological polar surface area (TPSA) is 50.1 Å². The standard InChI is InChI=1S/C13H21N3O/c1-10-6-14-16(7-10)8-13(9-17,11-2-3-11)15-12-4-5-12/h6-7,11-12,15,17H,2-5,8-9H2,1H3. The molecule has 2 aliphatic carbocycles. The molecule has 0 aromatic carbocycles. The highest BCUT2D eigenvalue weighted by molar-refractivity contribution is 5.06. The van der Waals surface area contributed by atoms with Gasteiger partial charge >= 0.3 is 0 Å². The maximum atomic E-state index is 9.83. The highest BCUT2D eigenvalue weighted by atomic mass is 16.3. The first-order valence-electron chi connectivity index (χ1n) is 6.59. The van der Waals surface area contributed by atoms with Gasteiger partial charge in [0, 0.05) is 12.2 Å². The summed E-state index contributed by atoms with van der Waals surface area (Å²) >= 11 is 0. The molecule has 0 bridgehead atoms. The molecule has 3 rings (SSSR count). The first-order chi connectivity index (χ1) is 8.22. The summed E-state index contributed by atoms with van der Waals surface area (Å²) in [4.78, 5) is 0. The van der Waals surface area contributed by atoms with Gasteiger partial charge in [-0.2, -0.15) is 5.10 Å². The van der Waals surface area contributed by atoms with Gasteiger partial charge < -0.3 is 10.4 Å². The van der Waals surface area contributed by atoms with Crippen LogP contribution in [0.15, 0.2) is 12.4 Å². The molecule has 1 aromatic rings. The van der Waals surface area contributed by atoms with E-state index in [-0.39, 0.29) is 12.1 Å². The molecule has 4 nitrogen and oxygen atoms in total. The molecule has 1 aromatic heterocycles. The van der Waals surface area contributed by atoms with Gasteiger partial charge in [0.25, 0.3) is 0 Å². The number of aromatic nitrogens is 2. The van der Waals surface area contributed by atoms with E-state index in [1.807, 2.05) is 10.9 Å². The first-order valence-corrected chi connectivity index (χ1v) is 6.59. The highest BCUT2D eigenvalue weighted by Crippen LogP contribution is 2.42. The Morgan fingerprint density at radius 3 is 2.71 bits per heavy atom. The molecule has 0 spiro atoms. The Morgan fingerprint density at radius 1 is 1.47 bits per heavy atom. The Labute approximate surface area is 102 Å². The van der Waals surface area contributed by atoms with Gasteiger partial charge in [-0.15, -0.1) is 0 Å². The van der Waals surface area contributed by atoms with Crippen molar-refractivity contribution in [3.63, 3.8) is 0 Å². The van der Waals surface area contributed by atoms with Crippen LogP contribution in [0.25, 0.3) is 0 Å². The van der Waals surface area contributed by atoms with E-state index in [9.17, 15) is 5.11 Å². The second kappa shape index (κ2) is 4.10. The Morgan fingerprint density at radius 2 is 2.24 bits per heavy atom. The number of rotatable bonds is 6. The van der Waals surface area contributed by atoms with E-state index >= 15 is 0 Å². The molecule has 0 radical (unpaired) electrons. The third-order valence-corrected chi connectivity index (χ3v) is 3.92. The van der Waals surface area contributed by atoms with Crippen LogP contribution in [0.5, 0.6) is 0 Å². The first kappa shape index (κ1) is 11.2. The van der Waals surface area contributed by atoms with Crippen molar-refractivity contribution in [3.8, 4) is 0 Å². The predicted molar refractivity (Wildman–Crippen MR) is 65.7 cm³/mol. The van der Waals surface area contributed by atoms with E-state index in [0.29, 0.717) is 12.0 Å². The van der Waals surface area contributed by atoms with Crippen LogP contribution < -0.4 is 5.32 Å². The zero-order chi connectivity index (χ0) is 11.9. The Hall–Kier alpha value is -0.870. The molecule has 17 heavy (non-hydrogen) atoms. The molecular formula is C13H21N3O. The monoisotopic (exact) mass is 235 g/mol. The van der Waals surface area contributed by atoms with E-state index in [2.05, 4.69) is 23.5 Å². The normalized spacial score (nSPS) is 23.6. The van der Waals surface area contributed by atoms with Crippen LogP contribution >= 0.6 is 0 Å². The number of nitrogens with one attached hydrogen (secondary N) is 1. The smallest absolute Gasteiger partial charge is 0.0643 e. The van der Waals surface area contributed by atoms with Crippen LogP contribution in [0, 0.1) is 12.8 Å². The predicted octanol–water partition coefficient (Wildman–Crippen LogP) is 1.08. The second-order valence-electron chi connectivity index (χ2n) is 5.72. The van der Waals surface area contributed by atoms with Gasteiger partial charge in [0.05, 0.1) is 24.9 Å². The van der Waals surface area contributed by atoms with Gasteiger partial charge in [0.2, 0.25) is 0 Å². The number of hydrogen-bond donors (Lipinski definition) is 2. The molecule has 94 valence electrons. The summed E-state index contributed by atoms with van der Waals surface area (Å²) in [6.45, 7) is 3.06. The molecule has 4 heteroatoms. The minimum atomic E-state index is -0.139. The van der Waals surface area contributed by atoms with Gasteiger partial charge in [0.15, 0.2) is 0 Å². The van der Waals surface area contributed by atoms with Crippen LogP contribution in [0.4, 0.5) is 0 Å². The quantitative estimate of drug-likeness (QED) is 0.776. The second-order valence-corrected chi connectivity index (χ2v) is 5.72. The van der Waals surface area contributed by atoms with E-state index in [1.165, 1.54) is 31.2 Å². The molecule has 0 amide bonds. The largest absolute Gasteiger partial charge is 0.394 e. The van der Waals surface area contributed by atoms with E-state index in [1.54, 1.807) is 0 Å². The third-order valence-electron chi connectivity index (χ3n) is 3.92. The zero-order valence-corrected chi connectivity index (χ0v) is 10.4. The molecule has 2 fully saturated rings. The molecule has 2 aliphatic rings. The van der Waals surface area contributed by atoms with Crippen molar-refractivity contribution in [3.05, 3.63) is 18.0 Å². The zero-order valence-electron chi connectivity index (χ0n) is 10.4. The highest BCUT2D eigenvalue weighted by Gasteiger charge is 2.47. The van der Waals surface area contributed by atoms with E-state index in [4.69, 9.17) is 0 Å². The van der Waals surface area contributed by atoms with Gasteiger partial charge in [-0.1, -0.05) is 0 Å². The molecule has 0 saturated heterocycles. The van der Waals surface area contributed by atoms with Crippen molar-refractivity contribution >= 4 is 0 Å². The molecule has 2 N–H and O–H groups in total. The summed E-state index contributed by atoms with van der Waals surface area (Å²) in [6, 6.07) is 0.624. The van der Waals surface area contributed by atoms with Crippen LogP contribution in [0.1, 0.15) is 31.2 Å². The fourth-order valence-electron chi connectivity index (χ4n) is 2.63. The number of aliphatic hydroxyl groups is 1. The Kier molecular flexibility index (Phi) is 2.71. The summed E-state index contributed by atoms with van der Waals surface area (Å²) in [5.41, 5.74) is 1.04. The average molecular weight is 235 g/mol. The average Bonchev–Trinajstić information content (AvgIpc) is 3.19. The third kappa shape index (κ3) is 2.38. The van der Waals surface area contributed by atoms with Crippen molar-refractivity contribution in [2.45, 2.75) is 50.7 Å². The SMILES string of the molecule is Cc1cnn(CC(CO)(NC2CC2)C2CC2)c1. The van der Waals surface area contributed by atoms with Crippen molar-refractivity contribution < 1.29 is 5.11 Å². The molecule has 1 unspecified atom stereocenters. The fourth-order valence-corrected chi connectivity index (χ4v) is 2.63. The molecule has 2 saturated carbocycles. The summed E-state index contributed by atoms with van der Waals surface area (Å²) < 4.78 is 1.97. The summed E-state index contributed by atoms with van der Waals surface area (Å²) in [5, 5.41) is 17.8. The van der Waals surface area contributed by atoms with Crippen LogP contribution in [0.3, 0.4) is 0 Å². The minimum Gasteiger partial charge on any atom is -0.394 e. The van der Waals surface area contributed by atoms with E-state index in [0.717, 1.165) is 6.54 Å². The fraction of sp³-hybridized carbons (Fsp3) is 0.769. The molecule has 1 heterocycles. The summed E-state index contributed by atoms with van der Waals surface area (Å²) in [5.74, 6) is 0.623. The van der Waals surface area contributed by atoms with Gasteiger partial charge in [-0.05, 0) is 44.1 Å². The maximum Gasteiger partial charge on any atom is 0.0643 e. The van der Waals surface area contributed by atoms with Crippen molar-refractivity contribution in [2.75, 3.05) is 6.61 Å². The van der Waals surface area contributed by atoms with Crippen molar-refractivity contribution in [1.29, 1.82) is 0 Å². The number of nitrogens with zero attached hydrogens (tertiary/aromatic N) is 2. The lowest BCUT2D eigenvalue weighted by Gasteiger charge is -2.33. The Balaban J connectivity index is 1.76. The minimum absolute atomic E-state index is 0.139. The van der Waals surface area contributed by atoms with Crippen molar-refractivity contribution in [1.82, 2.24) is 15.1 Å². The molecule has 0 aliphatic heterocycles. The van der Waals surface area contributed by atoms with E-state index < -0.39 is 0 Å². The maximum absolute atomic E-state index is 9.83. The molecule has 1 atom stereocenters. The van der Waals surface area contributed by atoms with Crippen LogP contribution in [-0.4, -0.2) is 33.1 Å². The van der Waals surface area contributed by atoms with Gasteiger partial charge in [-0.25, -0.2) is 0 Å². The van der Waals surface area contributed by atoms with Crippen LogP contribution in [-0.2, 0) is 6.54 Å². The van der Waals surface area contributed by atoms with Crippen molar-refractivity contribution in [2.24, 2.45) is 5.92 Å². The van der Waals surface area contributed by atoms with Crippen LogP contribution in [0.2, 0.25) is 0 Å². The summed E-state index contributed by atoms with van der Waals surface area (Å²) in [6.07, 6.45) is 8.92. The number of hydrogen-bond acceptors (Lipinski definition) is 3. The Bertz CT molecular complexity index is 395. The lowest BCUT2D eigenvalue weighted by atomic mass is 9.93.